The lowest BCUT2D eigenvalue weighted by Crippen LogP contribution is -2.04. The highest BCUT2D eigenvalue weighted by Gasteiger charge is 2.04. The predicted molar refractivity (Wildman–Crippen MR) is 75.8 cm³/mol. The van der Waals surface area contributed by atoms with E-state index >= 15 is 0 Å². The Bertz CT molecular complexity index is 474. The first kappa shape index (κ1) is 12.7. The molecule has 0 aliphatic rings. The number of anilines is 1. The van der Waals surface area contributed by atoms with Gasteiger partial charge in [0.2, 0.25) is 0 Å². The van der Waals surface area contributed by atoms with Crippen LogP contribution in [0.3, 0.4) is 0 Å². The van der Waals surface area contributed by atoms with E-state index in [0.29, 0.717) is 0 Å². The lowest BCUT2D eigenvalue weighted by molar-refractivity contribution is 0.746. The van der Waals surface area contributed by atoms with E-state index in [4.69, 9.17) is 0 Å². The number of rotatable bonds is 6. The molecule has 0 fully saturated rings. The number of aromatic nitrogens is 2. The molecule has 2 rings (SSSR count). The summed E-state index contributed by atoms with van der Waals surface area (Å²) >= 11 is 0. The summed E-state index contributed by atoms with van der Waals surface area (Å²) < 4.78 is 1.87. The lowest BCUT2D eigenvalue weighted by Gasteiger charge is -2.05. The third-order valence-electron chi connectivity index (χ3n) is 3.04. The maximum atomic E-state index is 4.42. The Morgan fingerprint density at radius 1 is 1.22 bits per heavy atom. The molecule has 0 spiro atoms. The minimum absolute atomic E-state index is 0.974. The van der Waals surface area contributed by atoms with Crippen molar-refractivity contribution in [3.8, 4) is 0 Å². The molecule has 0 saturated heterocycles. The molecule has 0 radical (unpaired) electrons. The van der Waals surface area contributed by atoms with Crippen molar-refractivity contribution in [2.45, 2.75) is 26.2 Å². The van der Waals surface area contributed by atoms with Crippen molar-refractivity contribution in [2.75, 3.05) is 11.9 Å². The SMILES string of the molecule is CCc1nn(C)cc1NCCCc1ccccc1. The second-order valence-electron chi connectivity index (χ2n) is 4.53. The highest BCUT2D eigenvalue weighted by atomic mass is 15.3. The van der Waals surface area contributed by atoms with Crippen molar-refractivity contribution in [1.29, 1.82) is 0 Å². The number of nitrogens with zero attached hydrogens (tertiary/aromatic N) is 2. The molecule has 0 atom stereocenters. The quantitative estimate of drug-likeness (QED) is 0.790. The van der Waals surface area contributed by atoms with Crippen LogP contribution in [0.1, 0.15) is 24.6 Å². The van der Waals surface area contributed by atoms with Gasteiger partial charge in [-0.25, -0.2) is 0 Å². The standard InChI is InChI=1S/C15H21N3/c1-3-14-15(12-18(2)17-14)16-11-7-10-13-8-5-4-6-9-13/h4-6,8-9,12,16H,3,7,10-11H2,1-2H3. The molecule has 0 aliphatic heterocycles. The Morgan fingerprint density at radius 2 is 2.00 bits per heavy atom. The monoisotopic (exact) mass is 243 g/mol. The molecule has 0 unspecified atom stereocenters. The van der Waals surface area contributed by atoms with Gasteiger partial charge in [-0.15, -0.1) is 0 Å². The molecule has 18 heavy (non-hydrogen) atoms. The van der Waals surface area contributed by atoms with E-state index in [2.05, 4.69) is 53.9 Å². The summed E-state index contributed by atoms with van der Waals surface area (Å²) in [6.07, 6.45) is 5.29. The van der Waals surface area contributed by atoms with Crippen LogP contribution in [0.25, 0.3) is 0 Å². The number of nitrogens with one attached hydrogen (secondary N) is 1. The van der Waals surface area contributed by atoms with Crippen molar-refractivity contribution in [3.63, 3.8) is 0 Å². The van der Waals surface area contributed by atoms with E-state index in [9.17, 15) is 0 Å². The first-order valence-corrected chi connectivity index (χ1v) is 6.60. The van der Waals surface area contributed by atoms with E-state index < -0.39 is 0 Å². The average Bonchev–Trinajstić information content (AvgIpc) is 2.76. The third-order valence-corrected chi connectivity index (χ3v) is 3.04. The molecule has 3 nitrogen and oxygen atoms in total. The largest absolute Gasteiger partial charge is 0.382 e. The van der Waals surface area contributed by atoms with E-state index in [0.717, 1.165) is 31.5 Å². The molecule has 3 heteroatoms. The van der Waals surface area contributed by atoms with Gasteiger partial charge in [0.15, 0.2) is 0 Å². The summed E-state index contributed by atoms with van der Waals surface area (Å²) in [5, 5.41) is 7.89. The topological polar surface area (TPSA) is 29.9 Å². The van der Waals surface area contributed by atoms with Gasteiger partial charge in [0, 0.05) is 19.8 Å². The summed E-state index contributed by atoms with van der Waals surface area (Å²) in [6, 6.07) is 10.6. The van der Waals surface area contributed by atoms with Gasteiger partial charge in [0.25, 0.3) is 0 Å². The second kappa shape index (κ2) is 6.24. The van der Waals surface area contributed by atoms with Gasteiger partial charge in [0.05, 0.1) is 11.4 Å². The number of hydrogen-bond acceptors (Lipinski definition) is 2. The molecule has 1 aromatic carbocycles. The normalized spacial score (nSPS) is 10.6. The van der Waals surface area contributed by atoms with E-state index in [1.165, 1.54) is 11.3 Å². The third kappa shape index (κ3) is 3.36. The first-order chi connectivity index (χ1) is 8.79. The molecule has 1 aromatic heterocycles. The minimum Gasteiger partial charge on any atom is -0.382 e. The van der Waals surface area contributed by atoms with Gasteiger partial charge < -0.3 is 5.32 Å². The fourth-order valence-corrected chi connectivity index (χ4v) is 2.10. The Hall–Kier alpha value is -1.77. The molecular weight excluding hydrogens is 222 g/mol. The molecule has 2 aromatic rings. The van der Waals surface area contributed by atoms with E-state index in [1.54, 1.807) is 0 Å². The van der Waals surface area contributed by atoms with E-state index in [1.807, 2.05) is 11.7 Å². The molecule has 1 N–H and O–H groups in total. The van der Waals surface area contributed by atoms with Crippen LogP contribution in [0, 0.1) is 0 Å². The van der Waals surface area contributed by atoms with Gasteiger partial charge in [-0.05, 0) is 24.8 Å². The Kier molecular flexibility index (Phi) is 4.40. The lowest BCUT2D eigenvalue weighted by atomic mass is 10.1. The fraction of sp³-hybridized carbons (Fsp3) is 0.400. The average molecular weight is 243 g/mol. The predicted octanol–water partition coefficient (Wildman–Crippen LogP) is 3.03. The first-order valence-electron chi connectivity index (χ1n) is 6.60. The maximum Gasteiger partial charge on any atom is 0.0853 e. The van der Waals surface area contributed by atoms with Crippen molar-refractivity contribution < 1.29 is 0 Å². The zero-order chi connectivity index (χ0) is 12.8. The summed E-state index contributed by atoms with van der Waals surface area (Å²) in [5.41, 5.74) is 3.73. The molecule has 96 valence electrons. The fourth-order valence-electron chi connectivity index (χ4n) is 2.10. The highest BCUT2D eigenvalue weighted by Crippen LogP contribution is 2.13. The van der Waals surface area contributed by atoms with Gasteiger partial charge >= 0.3 is 0 Å². The maximum absolute atomic E-state index is 4.42. The molecule has 1 heterocycles. The molecule has 0 bridgehead atoms. The van der Waals surface area contributed by atoms with Crippen LogP contribution in [-0.2, 0) is 19.9 Å². The zero-order valence-corrected chi connectivity index (χ0v) is 11.2. The molecule has 0 aliphatic carbocycles. The highest BCUT2D eigenvalue weighted by molar-refractivity contribution is 5.46. The van der Waals surface area contributed by atoms with E-state index in [-0.39, 0.29) is 0 Å². The van der Waals surface area contributed by atoms with Crippen LogP contribution in [0.15, 0.2) is 36.5 Å². The van der Waals surface area contributed by atoms with Crippen LogP contribution < -0.4 is 5.32 Å². The minimum atomic E-state index is 0.974. The zero-order valence-electron chi connectivity index (χ0n) is 11.2. The number of aryl methyl sites for hydroxylation is 3. The number of benzene rings is 1. The van der Waals surface area contributed by atoms with Crippen molar-refractivity contribution in [3.05, 3.63) is 47.8 Å². The Labute approximate surface area is 109 Å². The van der Waals surface area contributed by atoms with Crippen LogP contribution in [0.4, 0.5) is 5.69 Å². The Morgan fingerprint density at radius 3 is 2.72 bits per heavy atom. The summed E-state index contributed by atoms with van der Waals surface area (Å²) in [6.45, 7) is 3.13. The second-order valence-corrected chi connectivity index (χ2v) is 4.53. The Balaban J connectivity index is 1.78. The van der Waals surface area contributed by atoms with Gasteiger partial charge in [-0.3, -0.25) is 4.68 Å². The summed E-state index contributed by atoms with van der Waals surface area (Å²) in [7, 11) is 1.97. The summed E-state index contributed by atoms with van der Waals surface area (Å²) in [4.78, 5) is 0. The van der Waals surface area contributed by atoms with Crippen molar-refractivity contribution in [1.82, 2.24) is 9.78 Å². The van der Waals surface area contributed by atoms with Gasteiger partial charge in [-0.1, -0.05) is 37.3 Å². The number of hydrogen-bond donors (Lipinski definition) is 1. The van der Waals surface area contributed by atoms with Crippen LogP contribution in [0.5, 0.6) is 0 Å². The molecule has 0 amide bonds. The molecular formula is C15H21N3. The molecule has 0 saturated carbocycles. The van der Waals surface area contributed by atoms with Gasteiger partial charge in [-0.2, -0.15) is 5.10 Å². The smallest absolute Gasteiger partial charge is 0.0853 e. The van der Waals surface area contributed by atoms with Crippen LogP contribution >= 0.6 is 0 Å². The van der Waals surface area contributed by atoms with Crippen LogP contribution in [0.2, 0.25) is 0 Å². The van der Waals surface area contributed by atoms with Crippen molar-refractivity contribution >= 4 is 5.69 Å². The van der Waals surface area contributed by atoms with Crippen LogP contribution in [-0.4, -0.2) is 16.3 Å². The van der Waals surface area contributed by atoms with Crippen molar-refractivity contribution in [2.24, 2.45) is 7.05 Å². The summed E-state index contributed by atoms with van der Waals surface area (Å²) in [5.74, 6) is 0. The van der Waals surface area contributed by atoms with Gasteiger partial charge in [0.1, 0.15) is 0 Å².